The molecule has 8 nitrogen and oxygen atoms in total. The topological polar surface area (TPSA) is 114 Å². The minimum absolute atomic E-state index is 0.101. The molecule has 144 valence electrons. The van der Waals surface area contributed by atoms with Gasteiger partial charge in [-0.25, -0.2) is 10.9 Å². The molecule has 1 rings (SSSR count). The van der Waals surface area contributed by atoms with Crippen LogP contribution in [0.15, 0.2) is 29.4 Å². The van der Waals surface area contributed by atoms with Crippen molar-refractivity contribution >= 4 is 23.7 Å². The van der Waals surface area contributed by atoms with E-state index >= 15 is 0 Å². The number of amides is 2. The molecule has 0 aromatic heterocycles. The van der Waals surface area contributed by atoms with Gasteiger partial charge >= 0.3 is 0 Å². The molecule has 1 aromatic rings. The van der Waals surface area contributed by atoms with Gasteiger partial charge in [-0.1, -0.05) is 25.0 Å². The van der Waals surface area contributed by atoms with Gasteiger partial charge in [0.15, 0.2) is 0 Å². The Bertz CT molecular complexity index is 575. The van der Waals surface area contributed by atoms with Crippen LogP contribution in [-0.4, -0.2) is 48.5 Å². The van der Waals surface area contributed by atoms with Crippen molar-refractivity contribution < 1.29 is 19.9 Å². The van der Waals surface area contributed by atoms with E-state index in [9.17, 15) is 9.59 Å². The third-order valence-electron chi connectivity index (χ3n) is 3.85. The van der Waals surface area contributed by atoms with E-state index in [0.29, 0.717) is 25.8 Å². The number of nitrogens with zero attached hydrogens (tertiary/aromatic N) is 2. The number of nitrogens with one attached hydrogen (secondary N) is 2. The van der Waals surface area contributed by atoms with E-state index in [1.165, 1.54) is 0 Å². The summed E-state index contributed by atoms with van der Waals surface area (Å²) in [5.74, 6) is -0.529. The normalized spacial score (nSPS) is 10.7. The lowest BCUT2D eigenvalue weighted by atomic mass is 10.1. The zero-order valence-electron chi connectivity index (χ0n) is 15.1. The summed E-state index contributed by atoms with van der Waals surface area (Å²) in [5.41, 5.74) is 5.96. The maximum absolute atomic E-state index is 11.7. The number of unbranched alkanes of at least 4 members (excludes halogenated alkanes) is 3. The third-order valence-corrected chi connectivity index (χ3v) is 3.85. The van der Waals surface area contributed by atoms with Crippen molar-refractivity contribution in [3.05, 3.63) is 29.8 Å². The van der Waals surface area contributed by atoms with E-state index in [0.717, 1.165) is 30.5 Å². The van der Waals surface area contributed by atoms with Gasteiger partial charge in [-0.2, -0.15) is 5.10 Å². The largest absolute Gasteiger partial charge is 0.395 e. The van der Waals surface area contributed by atoms with E-state index in [4.69, 9.17) is 10.3 Å². The van der Waals surface area contributed by atoms with Crippen molar-refractivity contribution in [1.29, 1.82) is 0 Å². The molecular weight excluding hydrogens is 336 g/mol. The van der Waals surface area contributed by atoms with Crippen molar-refractivity contribution in [2.45, 2.75) is 38.5 Å². The van der Waals surface area contributed by atoms with Crippen LogP contribution in [0.5, 0.6) is 0 Å². The molecule has 0 aliphatic heterocycles. The number of hydrogen-bond donors (Lipinski definition) is 4. The molecule has 1 aromatic carbocycles. The molecule has 0 fully saturated rings. The molecule has 0 saturated carbocycles. The highest BCUT2D eigenvalue weighted by Crippen LogP contribution is 2.12. The first-order valence-corrected chi connectivity index (χ1v) is 8.73. The van der Waals surface area contributed by atoms with Crippen LogP contribution in [0.2, 0.25) is 0 Å². The van der Waals surface area contributed by atoms with Crippen LogP contribution in [-0.2, 0) is 9.59 Å². The molecule has 0 bridgehead atoms. The van der Waals surface area contributed by atoms with E-state index in [2.05, 4.69) is 10.5 Å². The van der Waals surface area contributed by atoms with Gasteiger partial charge in [-0.15, -0.1) is 0 Å². The summed E-state index contributed by atoms with van der Waals surface area (Å²) in [6.07, 6.45) is 5.36. The fourth-order valence-electron chi connectivity index (χ4n) is 2.31. The predicted molar refractivity (Wildman–Crippen MR) is 100 cm³/mol. The summed E-state index contributed by atoms with van der Waals surface area (Å²) in [5, 5.41) is 21.2. The van der Waals surface area contributed by atoms with Crippen molar-refractivity contribution in [1.82, 2.24) is 10.9 Å². The SMILES string of the molecule is CN(CCO)c1ccc(/C=N/NC(=O)CCCCCCC(=O)NO)cc1. The Morgan fingerprint density at radius 3 is 2.27 bits per heavy atom. The average molecular weight is 364 g/mol. The fraction of sp³-hybridized carbons (Fsp3) is 0.500. The number of aliphatic hydroxyl groups is 1. The van der Waals surface area contributed by atoms with Gasteiger partial charge in [-0.3, -0.25) is 14.8 Å². The van der Waals surface area contributed by atoms with Crippen LogP contribution in [0.4, 0.5) is 5.69 Å². The Kier molecular flexibility index (Phi) is 10.7. The number of carbonyl (C=O) groups excluding carboxylic acids is 2. The molecule has 0 spiro atoms. The van der Waals surface area contributed by atoms with Crippen LogP contribution in [0, 0.1) is 0 Å². The second-order valence-corrected chi connectivity index (χ2v) is 5.98. The Hall–Kier alpha value is -2.45. The van der Waals surface area contributed by atoms with E-state index in [-0.39, 0.29) is 18.4 Å². The maximum atomic E-state index is 11.7. The van der Waals surface area contributed by atoms with Crippen LogP contribution >= 0.6 is 0 Å². The number of rotatable bonds is 12. The van der Waals surface area contributed by atoms with Crippen molar-refractivity contribution in [3.8, 4) is 0 Å². The number of carbonyl (C=O) groups is 2. The number of aliphatic hydroxyl groups excluding tert-OH is 1. The summed E-state index contributed by atoms with van der Waals surface area (Å²) in [6.45, 7) is 0.669. The Balaban J connectivity index is 2.20. The minimum atomic E-state index is -0.384. The van der Waals surface area contributed by atoms with Gasteiger partial charge in [0.2, 0.25) is 11.8 Å². The number of hydrazone groups is 1. The van der Waals surface area contributed by atoms with E-state index in [1.807, 2.05) is 36.2 Å². The molecule has 0 aliphatic carbocycles. The number of likely N-dealkylation sites (N-methyl/N-ethyl adjacent to an activating group) is 1. The highest BCUT2D eigenvalue weighted by molar-refractivity contribution is 5.82. The zero-order valence-corrected chi connectivity index (χ0v) is 15.1. The molecule has 0 heterocycles. The molecule has 4 N–H and O–H groups in total. The second-order valence-electron chi connectivity index (χ2n) is 5.98. The fourth-order valence-corrected chi connectivity index (χ4v) is 2.31. The molecule has 0 saturated heterocycles. The lowest BCUT2D eigenvalue weighted by molar-refractivity contribution is -0.129. The lowest BCUT2D eigenvalue weighted by Gasteiger charge is -2.17. The van der Waals surface area contributed by atoms with Gasteiger partial charge in [-0.05, 0) is 30.5 Å². The molecule has 0 unspecified atom stereocenters. The second kappa shape index (κ2) is 12.8. The van der Waals surface area contributed by atoms with Crippen molar-refractivity contribution in [2.24, 2.45) is 5.10 Å². The van der Waals surface area contributed by atoms with Crippen LogP contribution in [0.25, 0.3) is 0 Å². The van der Waals surface area contributed by atoms with E-state index < -0.39 is 0 Å². The smallest absolute Gasteiger partial charge is 0.243 e. The highest BCUT2D eigenvalue weighted by atomic mass is 16.5. The monoisotopic (exact) mass is 364 g/mol. The minimum Gasteiger partial charge on any atom is -0.395 e. The predicted octanol–water partition coefficient (Wildman–Crippen LogP) is 1.41. The van der Waals surface area contributed by atoms with Gasteiger partial charge in [0, 0.05) is 32.1 Å². The summed E-state index contributed by atoms with van der Waals surface area (Å²) in [4.78, 5) is 24.4. The number of anilines is 1. The molecule has 0 atom stereocenters. The number of hydrogen-bond acceptors (Lipinski definition) is 6. The summed E-state index contributed by atoms with van der Waals surface area (Å²) >= 11 is 0. The molecule has 0 radical (unpaired) electrons. The molecule has 8 heteroatoms. The van der Waals surface area contributed by atoms with Crippen molar-refractivity contribution in [2.75, 3.05) is 25.1 Å². The maximum Gasteiger partial charge on any atom is 0.243 e. The quantitative estimate of drug-likeness (QED) is 0.194. The first-order valence-electron chi connectivity index (χ1n) is 8.73. The zero-order chi connectivity index (χ0) is 19.2. The van der Waals surface area contributed by atoms with Crippen molar-refractivity contribution in [3.63, 3.8) is 0 Å². The number of hydroxylamine groups is 1. The standard InChI is InChI=1S/C18H28N4O4/c1-22(12-13-23)16-10-8-15(9-11-16)14-19-20-17(24)6-4-2-3-5-7-18(25)21-26/h8-11,14,23,26H,2-7,12-13H2,1H3,(H,20,24)(H,21,25)/b19-14+. The molecule has 0 aliphatic rings. The van der Waals surface area contributed by atoms with Crippen LogP contribution in [0.3, 0.4) is 0 Å². The first kappa shape index (κ1) is 21.6. The molecular formula is C18H28N4O4. The Morgan fingerprint density at radius 2 is 1.69 bits per heavy atom. The first-order chi connectivity index (χ1) is 12.6. The van der Waals surface area contributed by atoms with Gasteiger partial charge in [0.05, 0.1) is 12.8 Å². The Labute approximate surface area is 153 Å². The van der Waals surface area contributed by atoms with Gasteiger partial charge in [0.25, 0.3) is 0 Å². The summed E-state index contributed by atoms with van der Waals surface area (Å²) in [7, 11) is 1.90. The van der Waals surface area contributed by atoms with Crippen LogP contribution in [0.1, 0.15) is 44.1 Å². The lowest BCUT2D eigenvalue weighted by Crippen LogP contribution is -2.20. The third kappa shape index (κ3) is 9.14. The Morgan fingerprint density at radius 1 is 1.08 bits per heavy atom. The van der Waals surface area contributed by atoms with Crippen LogP contribution < -0.4 is 15.8 Å². The van der Waals surface area contributed by atoms with Gasteiger partial charge < -0.3 is 10.0 Å². The molecule has 26 heavy (non-hydrogen) atoms. The van der Waals surface area contributed by atoms with Gasteiger partial charge in [0.1, 0.15) is 0 Å². The number of benzene rings is 1. The highest BCUT2D eigenvalue weighted by Gasteiger charge is 2.02. The average Bonchev–Trinajstić information content (AvgIpc) is 2.65. The summed E-state index contributed by atoms with van der Waals surface area (Å²) < 4.78 is 0. The summed E-state index contributed by atoms with van der Waals surface area (Å²) in [6, 6.07) is 7.63. The van der Waals surface area contributed by atoms with E-state index in [1.54, 1.807) is 11.7 Å². The molecule has 2 amide bonds.